The molecule has 1 aromatic heterocycles. The lowest BCUT2D eigenvalue weighted by Gasteiger charge is -2.08. The fraction of sp³-hybridized carbons (Fsp3) is 0.375. The highest BCUT2D eigenvalue weighted by atomic mass is 35.5. The van der Waals surface area contributed by atoms with E-state index in [0.717, 1.165) is 0 Å². The van der Waals surface area contributed by atoms with Gasteiger partial charge in [-0.05, 0) is 6.07 Å². The predicted molar refractivity (Wildman–Crippen MR) is 46.7 cm³/mol. The van der Waals surface area contributed by atoms with Crippen molar-refractivity contribution in [1.82, 2.24) is 4.98 Å². The zero-order valence-electron chi connectivity index (χ0n) is 7.30. The summed E-state index contributed by atoms with van der Waals surface area (Å²) < 4.78 is 29.3. The molecule has 78 valence electrons. The summed E-state index contributed by atoms with van der Waals surface area (Å²) in [4.78, 5) is 3.50. The molecule has 0 aromatic carbocycles. The monoisotopic (exact) mass is 223 g/mol. The van der Waals surface area contributed by atoms with Crippen LogP contribution in [0.1, 0.15) is 17.7 Å². The van der Waals surface area contributed by atoms with E-state index in [2.05, 4.69) is 4.98 Å². The topological polar surface area (TPSA) is 42.4 Å². The summed E-state index contributed by atoms with van der Waals surface area (Å²) in [7, 11) is 1.28. The Morgan fingerprint density at radius 2 is 2.29 bits per heavy atom. The van der Waals surface area contributed by atoms with Gasteiger partial charge in [-0.25, -0.2) is 13.8 Å². The van der Waals surface area contributed by atoms with Crippen molar-refractivity contribution in [2.75, 3.05) is 7.11 Å². The van der Waals surface area contributed by atoms with Gasteiger partial charge in [0.05, 0.1) is 18.7 Å². The molecule has 0 aliphatic carbocycles. The molecular weight excluding hydrogens is 216 g/mol. The zero-order chi connectivity index (χ0) is 10.7. The lowest BCUT2D eigenvalue weighted by molar-refractivity contribution is 0.144. The van der Waals surface area contributed by atoms with E-state index >= 15 is 0 Å². The Morgan fingerprint density at radius 1 is 1.64 bits per heavy atom. The highest BCUT2D eigenvalue weighted by molar-refractivity contribution is 6.31. The quantitative estimate of drug-likeness (QED) is 0.854. The Hall–Kier alpha value is -0.940. The van der Waals surface area contributed by atoms with E-state index in [9.17, 15) is 8.78 Å². The molecule has 14 heavy (non-hydrogen) atoms. The third kappa shape index (κ3) is 2.10. The second-order valence-corrected chi connectivity index (χ2v) is 2.89. The Bertz CT molecular complexity index is 333. The second-order valence-electron chi connectivity index (χ2n) is 2.48. The molecule has 0 fully saturated rings. The van der Waals surface area contributed by atoms with Crippen LogP contribution in [0.2, 0.25) is 5.02 Å². The van der Waals surface area contributed by atoms with Gasteiger partial charge in [-0.2, -0.15) is 0 Å². The molecule has 0 aliphatic heterocycles. The first-order chi connectivity index (χ1) is 6.60. The predicted octanol–water partition coefficient (Wildman–Crippen LogP) is 2.17. The Morgan fingerprint density at radius 3 is 2.71 bits per heavy atom. The molecule has 0 atom stereocenters. The van der Waals surface area contributed by atoms with Crippen LogP contribution in [0.25, 0.3) is 0 Å². The molecule has 3 nitrogen and oxygen atoms in total. The van der Waals surface area contributed by atoms with Crippen molar-refractivity contribution < 1.29 is 18.6 Å². The largest absolute Gasteiger partial charge is 0.481 e. The number of hydrogen-bond donors (Lipinski definition) is 1. The van der Waals surface area contributed by atoms with Crippen molar-refractivity contribution in [3.05, 3.63) is 22.3 Å². The highest BCUT2D eigenvalue weighted by Gasteiger charge is 2.17. The van der Waals surface area contributed by atoms with Crippen molar-refractivity contribution in [2.24, 2.45) is 0 Å². The summed E-state index contributed by atoms with van der Waals surface area (Å²) in [6, 6.07) is 1.22. The first kappa shape index (κ1) is 11.1. The maximum atomic E-state index is 12.3. The van der Waals surface area contributed by atoms with Crippen molar-refractivity contribution >= 4 is 11.6 Å². The van der Waals surface area contributed by atoms with Crippen LogP contribution in [0.3, 0.4) is 0 Å². The van der Waals surface area contributed by atoms with Crippen molar-refractivity contribution in [1.29, 1.82) is 0 Å². The summed E-state index contributed by atoms with van der Waals surface area (Å²) in [5.41, 5.74) is -0.261. The van der Waals surface area contributed by atoms with Crippen molar-refractivity contribution in [3.8, 4) is 5.88 Å². The molecule has 6 heteroatoms. The van der Waals surface area contributed by atoms with E-state index in [-0.39, 0.29) is 23.1 Å². The minimum absolute atomic E-state index is 0.0350. The molecular formula is C8H8ClF2NO2. The van der Waals surface area contributed by atoms with Gasteiger partial charge >= 0.3 is 0 Å². The van der Waals surface area contributed by atoms with Crippen LogP contribution >= 0.6 is 11.6 Å². The Kier molecular flexibility index (Phi) is 3.60. The van der Waals surface area contributed by atoms with Crippen LogP contribution in [-0.4, -0.2) is 17.2 Å². The molecule has 0 amide bonds. The van der Waals surface area contributed by atoms with Gasteiger partial charge in [0.15, 0.2) is 0 Å². The van der Waals surface area contributed by atoms with Crippen LogP contribution in [0.4, 0.5) is 8.78 Å². The van der Waals surface area contributed by atoms with E-state index in [1.807, 2.05) is 0 Å². The summed E-state index contributed by atoms with van der Waals surface area (Å²) in [5, 5.41) is 8.66. The van der Waals surface area contributed by atoms with E-state index in [0.29, 0.717) is 0 Å². The number of methoxy groups -OCH3 is 1. The summed E-state index contributed by atoms with van der Waals surface area (Å²) in [5.74, 6) is -0.0350. The van der Waals surface area contributed by atoms with E-state index < -0.39 is 12.1 Å². The summed E-state index contributed by atoms with van der Waals surface area (Å²) >= 11 is 5.52. The maximum Gasteiger partial charge on any atom is 0.281 e. The van der Waals surface area contributed by atoms with E-state index in [4.69, 9.17) is 21.4 Å². The highest BCUT2D eigenvalue weighted by Crippen LogP contribution is 2.29. The summed E-state index contributed by atoms with van der Waals surface area (Å²) in [6.45, 7) is -0.362. The number of aliphatic hydroxyl groups is 1. The van der Waals surface area contributed by atoms with Crippen molar-refractivity contribution in [3.63, 3.8) is 0 Å². The van der Waals surface area contributed by atoms with Gasteiger partial charge in [-0.1, -0.05) is 11.6 Å². The zero-order valence-corrected chi connectivity index (χ0v) is 8.05. The number of rotatable bonds is 3. The fourth-order valence-corrected chi connectivity index (χ4v) is 1.22. The van der Waals surface area contributed by atoms with Gasteiger partial charge in [0.25, 0.3) is 6.43 Å². The minimum Gasteiger partial charge on any atom is -0.481 e. The number of ether oxygens (including phenoxy) is 1. The number of aromatic nitrogens is 1. The second kappa shape index (κ2) is 4.52. The SMILES string of the molecule is COc1nc(C(F)F)c(Cl)cc1CO. The van der Waals surface area contributed by atoms with Crippen molar-refractivity contribution in [2.45, 2.75) is 13.0 Å². The van der Waals surface area contributed by atoms with Crippen LogP contribution in [0.5, 0.6) is 5.88 Å². The molecule has 0 radical (unpaired) electrons. The first-order valence-corrected chi connectivity index (χ1v) is 4.10. The van der Waals surface area contributed by atoms with Gasteiger partial charge in [-0.15, -0.1) is 0 Å². The number of pyridine rings is 1. The van der Waals surface area contributed by atoms with E-state index in [1.165, 1.54) is 13.2 Å². The fourth-order valence-electron chi connectivity index (χ4n) is 0.966. The summed E-state index contributed by atoms with van der Waals surface area (Å²) in [6.07, 6.45) is -2.76. The van der Waals surface area contributed by atoms with Crippen LogP contribution in [-0.2, 0) is 6.61 Å². The Labute approximate surface area is 84.3 Å². The number of nitrogens with zero attached hydrogens (tertiary/aromatic N) is 1. The van der Waals surface area contributed by atoms with Crippen LogP contribution < -0.4 is 4.74 Å². The molecule has 1 N–H and O–H groups in total. The minimum atomic E-state index is -2.76. The van der Waals surface area contributed by atoms with Gasteiger partial charge in [0, 0.05) is 5.56 Å². The normalized spacial score (nSPS) is 10.7. The molecule has 1 rings (SSSR count). The van der Waals surface area contributed by atoms with Gasteiger partial charge < -0.3 is 9.84 Å². The van der Waals surface area contributed by atoms with Gasteiger partial charge in [0.2, 0.25) is 5.88 Å². The van der Waals surface area contributed by atoms with E-state index in [1.54, 1.807) is 0 Å². The van der Waals surface area contributed by atoms with Gasteiger partial charge in [-0.3, -0.25) is 0 Å². The molecule has 0 aliphatic rings. The number of halogens is 3. The number of hydrogen-bond acceptors (Lipinski definition) is 3. The number of aliphatic hydroxyl groups excluding tert-OH is 1. The molecule has 0 saturated heterocycles. The van der Waals surface area contributed by atoms with Crippen LogP contribution in [0, 0.1) is 0 Å². The lowest BCUT2D eigenvalue weighted by atomic mass is 10.2. The molecule has 0 unspecified atom stereocenters. The molecule has 0 saturated carbocycles. The molecule has 1 aromatic rings. The third-order valence-electron chi connectivity index (χ3n) is 1.61. The first-order valence-electron chi connectivity index (χ1n) is 3.72. The molecule has 0 spiro atoms. The lowest BCUT2D eigenvalue weighted by Crippen LogP contribution is -2.00. The Balaban J connectivity index is 3.23. The van der Waals surface area contributed by atoms with Gasteiger partial charge in [0.1, 0.15) is 5.69 Å². The smallest absolute Gasteiger partial charge is 0.281 e. The number of alkyl halides is 2. The molecule has 0 bridgehead atoms. The van der Waals surface area contributed by atoms with Crippen LogP contribution in [0.15, 0.2) is 6.07 Å². The average Bonchev–Trinajstić information content (AvgIpc) is 2.16. The third-order valence-corrected chi connectivity index (χ3v) is 1.92. The standard InChI is InChI=1S/C8H8ClF2NO2/c1-14-8-4(3-13)2-5(9)6(12-8)7(10)11/h2,7,13H,3H2,1H3. The maximum absolute atomic E-state index is 12.3. The average molecular weight is 224 g/mol. The molecule has 1 heterocycles.